The van der Waals surface area contributed by atoms with Gasteiger partial charge >= 0.3 is 12.3 Å². The van der Waals surface area contributed by atoms with Crippen molar-refractivity contribution in [3.05, 3.63) is 83.4 Å². The number of hydrogen-bond acceptors (Lipinski definition) is 5. The van der Waals surface area contributed by atoms with Crippen LogP contribution in [0.3, 0.4) is 0 Å². The summed E-state index contributed by atoms with van der Waals surface area (Å²) in [5.74, 6) is 0.827. The highest BCUT2D eigenvalue weighted by Gasteiger charge is 2.30. The number of hydrogen-bond donors (Lipinski definition) is 2. The fraction of sp³-hybridized carbons (Fsp3) is 0.310. The number of amides is 1. The molecule has 0 aliphatic heterocycles. The van der Waals surface area contributed by atoms with Crippen molar-refractivity contribution < 1.29 is 32.2 Å². The summed E-state index contributed by atoms with van der Waals surface area (Å²) in [5.41, 5.74) is 1.95. The van der Waals surface area contributed by atoms with Crippen LogP contribution in [0.5, 0.6) is 5.75 Å². The van der Waals surface area contributed by atoms with E-state index in [9.17, 15) is 23.1 Å². The summed E-state index contributed by atoms with van der Waals surface area (Å²) in [5, 5.41) is 12.8. The van der Waals surface area contributed by atoms with E-state index in [1.54, 1.807) is 0 Å². The molecular formula is C29H30F3N3O4. The highest BCUT2D eigenvalue weighted by Crippen LogP contribution is 2.35. The van der Waals surface area contributed by atoms with Crippen molar-refractivity contribution in [2.45, 2.75) is 45.6 Å². The fourth-order valence-corrected chi connectivity index (χ4v) is 4.13. The number of halogens is 3. The molecule has 2 N–H and O–H groups in total. The maximum absolute atomic E-state index is 13.0. The maximum Gasteiger partial charge on any atom is 0.416 e. The van der Waals surface area contributed by atoms with E-state index in [0.29, 0.717) is 47.0 Å². The van der Waals surface area contributed by atoms with Gasteiger partial charge in [-0.1, -0.05) is 36.4 Å². The average molecular weight is 542 g/mol. The lowest BCUT2D eigenvalue weighted by atomic mass is 10.1. The highest BCUT2D eigenvalue weighted by molar-refractivity contribution is 5.78. The van der Waals surface area contributed by atoms with E-state index in [-0.39, 0.29) is 13.2 Å². The maximum atomic E-state index is 13.0. The van der Waals surface area contributed by atoms with Crippen LogP contribution in [0.15, 0.2) is 71.1 Å². The van der Waals surface area contributed by atoms with Crippen molar-refractivity contribution in [3.63, 3.8) is 0 Å². The van der Waals surface area contributed by atoms with Gasteiger partial charge < -0.3 is 24.5 Å². The summed E-state index contributed by atoms with van der Waals surface area (Å²) in [7, 11) is 0. The second-order valence-corrected chi connectivity index (χ2v) is 10.0. The first-order valence-corrected chi connectivity index (χ1v) is 12.4. The number of ether oxygens (including phenoxy) is 1. The molecule has 0 radical (unpaired) electrons. The quantitative estimate of drug-likeness (QED) is 0.223. The number of carboxylic acid groups (broad SMARTS) is 1. The van der Waals surface area contributed by atoms with Gasteiger partial charge in [0.05, 0.1) is 11.1 Å². The zero-order valence-electron chi connectivity index (χ0n) is 21.9. The van der Waals surface area contributed by atoms with Crippen LogP contribution in [0.4, 0.5) is 18.0 Å². The number of nitrogens with one attached hydrogen (secondary N) is 1. The van der Waals surface area contributed by atoms with E-state index < -0.39 is 23.4 Å². The molecule has 39 heavy (non-hydrogen) atoms. The molecule has 0 saturated carbocycles. The molecule has 4 rings (SSSR count). The summed E-state index contributed by atoms with van der Waals surface area (Å²) < 4.78 is 51.0. The predicted octanol–water partition coefficient (Wildman–Crippen LogP) is 6.96. The molecule has 1 heterocycles. The number of rotatable bonds is 9. The van der Waals surface area contributed by atoms with E-state index in [4.69, 9.17) is 9.15 Å². The summed E-state index contributed by atoms with van der Waals surface area (Å²) in [4.78, 5) is 17.6. The monoisotopic (exact) mass is 541 g/mol. The minimum absolute atomic E-state index is 0.0270. The first kappa shape index (κ1) is 28.0. The Labute approximate surface area is 224 Å². The van der Waals surface area contributed by atoms with Gasteiger partial charge in [0.2, 0.25) is 5.89 Å². The van der Waals surface area contributed by atoms with Crippen molar-refractivity contribution in [2.75, 3.05) is 13.1 Å². The first-order valence-electron chi connectivity index (χ1n) is 12.4. The molecule has 3 aromatic carbocycles. The molecule has 0 bridgehead atoms. The molecule has 0 unspecified atom stereocenters. The predicted molar refractivity (Wildman–Crippen MR) is 141 cm³/mol. The van der Waals surface area contributed by atoms with Gasteiger partial charge in [-0.15, -0.1) is 0 Å². The van der Waals surface area contributed by atoms with Crippen LogP contribution in [0, 0.1) is 0 Å². The number of oxazole rings is 1. The Morgan fingerprint density at radius 2 is 1.74 bits per heavy atom. The van der Waals surface area contributed by atoms with E-state index >= 15 is 0 Å². The molecule has 4 aromatic rings. The molecule has 1 aromatic heterocycles. The molecule has 0 spiro atoms. The molecule has 1 amide bonds. The number of carbonyl (C=O) groups is 1. The zero-order valence-corrected chi connectivity index (χ0v) is 21.9. The second kappa shape index (κ2) is 11.4. The molecule has 0 saturated heterocycles. The van der Waals surface area contributed by atoms with Gasteiger partial charge in [0.1, 0.15) is 17.9 Å². The van der Waals surface area contributed by atoms with Crippen LogP contribution < -0.4 is 10.1 Å². The number of alkyl halides is 3. The van der Waals surface area contributed by atoms with Crippen LogP contribution in [0.25, 0.3) is 22.6 Å². The third-order valence-electron chi connectivity index (χ3n) is 6.15. The summed E-state index contributed by atoms with van der Waals surface area (Å²) in [6.07, 6.45) is -5.41. The van der Waals surface area contributed by atoms with Crippen molar-refractivity contribution in [2.24, 2.45) is 0 Å². The van der Waals surface area contributed by atoms with Gasteiger partial charge in [-0.05, 0) is 56.7 Å². The molecule has 7 nitrogen and oxygen atoms in total. The average Bonchev–Trinajstić information content (AvgIpc) is 3.30. The summed E-state index contributed by atoms with van der Waals surface area (Å²) in [6.45, 7) is 6.56. The van der Waals surface area contributed by atoms with Crippen molar-refractivity contribution in [1.82, 2.24) is 15.2 Å². The summed E-state index contributed by atoms with van der Waals surface area (Å²) in [6, 6.07) is 17.7. The lowest BCUT2D eigenvalue weighted by molar-refractivity contribution is -0.137. The second-order valence-electron chi connectivity index (χ2n) is 10.0. The zero-order chi connectivity index (χ0) is 28.2. The highest BCUT2D eigenvalue weighted by atomic mass is 19.4. The Morgan fingerprint density at radius 3 is 2.38 bits per heavy atom. The fourth-order valence-electron chi connectivity index (χ4n) is 4.13. The minimum Gasteiger partial charge on any atom is -0.488 e. The number of nitrogens with zero attached hydrogens (tertiary/aromatic N) is 2. The van der Waals surface area contributed by atoms with Crippen LogP contribution in [-0.2, 0) is 19.3 Å². The Bertz CT molecular complexity index is 1390. The topological polar surface area (TPSA) is 87.8 Å². The first-order chi connectivity index (χ1) is 18.4. The van der Waals surface area contributed by atoms with Crippen molar-refractivity contribution in [1.29, 1.82) is 0 Å². The molecule has 0 aliphatic rings. The van der Waals surface area contributed by atoms with E-state index in [2.05, 4.69) is 10.3 Å². The Kier molecular flexibility index (Phi) is 8.15. The molecule has 206 valence electrons. The Morgan fingerprint density at radius 1 is 1.03 bits per heavy atom. The van der Waals surface area contributed by atoms with Gasteiger partial charge in [0, 0.05) is 30.7 Å². The van der Waals surface area contributed by atoms with Gasteiger partial charge in [0.15, 0.2) is 5.58 Å². The van der Waals surface area contributed by atoms with Crippen LogP contribution in [0.2, 0.25) is 0 Å². The van der Waals surface area contributed by atoms with Crippen LogP contribution in [-0.4, -0.2) is 39.7 Å². The number of para-hydroxylation sites is 3. The van der Waals surface area contributed by atoms with Gasteiger partial charge in [-0.3, -0.25) is 0 Å². The largest absolute Gasteiger partial charge is 0.488 e. The van der Waals surface area contributed by atoms with E-state index in [1.807, 2.05) is 63.2 Å². The van der Waals surface area contributed by atoms with E-state index in [1.165, 1.54) is 17.0 Å². The Balaban J connectivity index is 1.57. The number of aromatic nitrogens is 1. The number of fused-ring (bicyclic) bond motifs is 1. The van der Waals surface area contributed by atoms with Gasteiger partial charge in [0.25, 0.3) is 0 Å². The lowest BCUT2D eigenvalue weighted by Crippen LogP contribution is -2.47. The van der Waals surface area contributed by atoms with Crippen LogP contribution in [0.1, 0.15) is 37.5 Å². The smallest absolute Gasteiger partial charge is 0.416 e. The molecule has 0 aliphatic carbocycles. The molecule has 0 atom stereocenters. The van der Waals surface area contributed by atoms with Gasteiger partial charge in [-0.25, -0.2) is 9.78 Å². The standard InChI is InChI=1S/C29H30F3N3O4/c1-28(2,3)35(27(36)37)16-15-33-17-20-7-6-8-22(26-34-23-9-4-5-10-24(23)39-26)25(20)38-18-19-11-13-21(14-12-19)29(30,31)32/h4-14,33H,15-18H2,1-3H3,(H,36,37). The SMILES string of the molecule is CC(C)(C)N(CCNCc1cccc(-c2nc3ccccc3o2)c1OCc1ccc(C(F)(F)F)cc1)C(=O)O. The molecule has 10 heteroatoms. The van der Waals surface area contributed by atoms with Crippen LogP contribution >= 0.6 is 0 Å². The third-order valence-corrected chi connectivity index (χ3v) is 6.15. The lowest BCUT2D eigenvalue weighted by Gasteiger charge is -2.33. The summed E-state index contributed by atoms with van der Waals surface area (Å²) >= 11 is 0. The number of benzene rings is 3. The minimum atomic E-state index is -4.42. The molecule has 0 fully saturated rings. The van der Waals surface area contributed by atoms with Crippen molar-refractivity contribution >= 4 is 17.2 Å². The van der Waals surface area contributed by atoms with Gasteiger partial charge in [-0.2, -0.15) is 13.2 Å². The molecular weight excluding hydrogens is 511 g/mol. The Hall–Kier alpha value is -4.05. The van der Waals surface area contributed by atoms with E-state index in [0.717, 1.165) is 17.7 Å². The normalized spacial score (nSPS) is 12.1. The third kappa shape index (κ3) is 6.88. The van der Waals surface area contributed by atoms with Crippen molar-refractivity contribution in [3.8, 4) is 17.2 Å².